The molecule has 2 saturated carbocycles. The summed E-state index contributed by atoms with van der Waals surface area (Å²) >= 11 is 0. The van der Waals surface area contributed by atoms with E-state index < -0.39 is 0 Å². The number of hydrogen-bond acceptors (Lipinski definition) is 0. The maximum atomic E-state index is 2.42. The minimum absolute atomic E-state index is 0.996. The van der Waals surface area contributed by atoms with E-state index in [0.717, 1.165) is 23.7 Å². The van der Waals surface area contributed by atoms with Crippen molar-refractivity contribution in [2.75, 3.05) is 0 Å². The highest BCUT2D eigenvalue weighted by molar-refractivity contribution is 5.22. The Morgan fingerprint density at radius 2 is 1.03 bits per heavy atom. The van der Waals surface area contributed by atoms with E-state index in [9.17, 15) is 0 Å². The van der Waals surface area contributed by atoms with Crippen LogP contribution in [0.1, 0.15) is 128 Å². The van der Waals surface area contributed by atoms with E-state index in [2.05, 4.69) is 38.1 Å². The van der Waals surface area contributed by atoms with Gasteiger partial charge in [-0.25, -0.2) is 0 Å². The Kier molecular flexibility index (Phi) is 10.8. The Balaban J connectivity index is 1.29. The molecule has 0 spiro atoms. The summed E-state index contributed by atoms with van der Waals surface area (Å²) in [6.07, 6.45) is 26.0. The SMILES string of the molecule is CCCCCCCc1ccc(CCC2CCC(C3CCC(CCC)CC3)CC2)cc1. The van der Waals surface area contributed by atoms with Crippen LogP contribution < -0.4 is 0 Å². The maximum Gasteiger partial charge on any atom is -0.0276 e. The average Bonchev–Trinajstić information content (AvgIpc) is 2.79. The smallest absolute Gasteiger partial charge is 0.0276 e. The Morgan fingerprint density at radius 3 is 1.57 bits per heavy atom. The first-order valence-electron chi connectivity index (χ1n) is 13.9. The highest BCUT2D eigenvalue weighted by Gasteiger charge is 2.30. The molecule has 0 saturated heterocycles. The van der Waals surface area contributed by atoms with E-state index in [1.54, 1.807) is 24.0 Å². The normalized spacial score (nSPS) is 27.3. The zero-order valence-electron chi connectivity index (χ0n) is 20.3. The molecule has 30 heavy (non-hydrogen) atoms. The molecule has 170 valence electrons. The molecule has 0 radical (unpaired) electrons. The molecule has 2 fully saturated rings. The van der Waals surface area contributed by atoms with Crippen molar-refractivity contribution in [2.24, 2.45) is 23.7 Å². The molecule has 0 heterocycles. The predicted molar refractivity (Wildman–Crippen MR) is 133 cm³/mol. The van der Waals surface area contributed by atoms with E-state index >= 15 is 0 Å². The maximum absolute atomic E-state index is 2.42. The molecule has 3 rings (SSSR count). The van der Waals surface area contributed by atoms with Gasteiger partial charge in [-0.1, -0.05) is 102 Å². The van der Waals surface area contributed by atoms with E-state index in [1.807, 2.05) is 0 Å². The largest absolute Gasteiger partial charge is 0.0654 e. The van der Waals surface area contributed by atoms with E-state index in [-0.39, 0.29) is 0 Å². The second-order valence-electron chi connectivity index (χ2n) is 10.9. The monoisotopic (exact) mass is 410 g/mol. The second-order valence-corrected chi connectivity index (χ2v) is 10.9. The van der Waals surface area contributed by atoms with Crippen molar-refractivity contribution in [3.8, 4) is 0 Å². The summed E-state index contributed by atoms with van der Waals surface area (Å²) in [6.45, 7) is 4.65. The number of unbranched alkanes of at least 4 members (excludes halogenated alkanes) is 4. The van der Waals surface area contributed by atoms with Crippen LogP contribution >= 0.6 is 0 Å². The van der Waals surface area contributed by atoms with Gasteiger partial charge >= 0.3 is 0 Å². The lowest BCUT2D eigenvalue weighted by Crippen LogP contribution is -2.26. The lowest BCUT2D eigenvalue weighted by atomic mass is 9.68. The van der Waals surface area contributed by atoms with Crippen LogP contribution in [-0.2, 0) is 12.8 Å². The first-order valence-corrected chi connectivity index (χ1v) is 13.9. The summed E-state index contributed by atoms with van der Waals surface area (Å²) in [5, 5.41) is 0. The van der Waals surface area contributed by atoms with Crippen molar-refractivity contribution in [1.29, 1.82) is 0 Å². The molecule has 2 aliphatic rings. The third kappa shape index (κ3) is 8.05. The molecule has 0 unspecified atom stereocenters. The zero-order chi connectivity index (χ0) is 21.0. The second kappa shape index (κ2) is 13.6. The molecule has 0 nitrogen and oxygen atoms in total. The van der Waals surface area contributed by atoms with Crippen LogP contribution in [0.4, 0.5) is 0 Å². The first kappa shape index (κ1) is 23.9. The number of hydrogen-bond donors (Lipinski definition) is 0. The molecule has 0 aliphatic heterocycles. The van der Waals surface area contributed by atoms with Crippen LogP contribution in [0.3, 0.4) is 0 Å². The van der Waals surface area contributed by atoms with Crippen LogP contribution in [-0.4, -0.2) is 0 Å². The van der Waals surface area contributed by atoms with Crippen molar-refractivity contribution in [3.05, 3.63) is 35.4 Å². The molecule has 1 aromatic carbocycles. The summed E-state index contributed by atoms with van der Waals surface area (Å²) in [5.74, 6) is 4.21. The fraction of sp³-hybridized carbons (Fsp3) is 0.800. The van der Waals surface area contributed by atoms with Crippen LogP contribution in [0.5, 0.6) is 0 Å². The van der Waals surface area contributed by atoms with Crippen molar-refractivity contribution in [3.63, 3.8) is 0 Å². The minimum Gasteiger partial charge on any atom is -0.0654 e. The topological polar surface area (TPSA) is 0 Å². The van der Waals surface area contributed by atoms with Gasteiger partial charge in [0.1, 0.15) is 0 Å². The summed E-state index contributed by atoms with van der Waals surface area (Å²) in [5.41, 5.74) is 3.12. The Bertz CT molecular complexity index is 540. The van der Waals surface area contributed by atoms with E-state index in [4.69, 9.17) is 0 Å². The molecule has 0 bridgehead atoms. The highest BCUT2D eigenvalue weighted by Crippen LogP contribution is 2.42. The molecular weight excluding hydrogens is 360 g/mol. The average molecular weight is 411 g/mol. The van der Waals surface area contributed by atoms with Gasteiger partial charge in [-0.15, -0.1) is 0 Å². The molecule has 1 aromatic rings. The van der Waals surface area contributed by atoms with Gasteiger partial charge < -0.3 is 0 Å². The number of aryl methyl sites for hydroxylation is 2. The van der Waals surface area contributed by atoms with Gasteiger partial charge in [0.15, 0.2) is 0 Å². The van der Waals surface area contributed by atoms with Crippen molar-refractivity contribution < 1.29 is 0 Å². The summed E-state index contributed by atoms with van der Waals surface area (Å²) in [4.78, 5) is 0. The Labute approximate surface area is 188 Å². The molecule has 2 aliphatic carbocycles. The number of benzene rings is 1. The summed E-state index contributed by atoms with van der Waals surface area (Å²) in [7, 11) is 0. The van der Waals surface area contributed by atoms with Gasteiger partial charge in [-0.05, 0) is 86.2 Å². The van der Waals surface area contributed by atoms with Gasteiger partial charge in [-0.2, -0.15) is 0 Å². The van der Waals surface area contributed by atoms with Gasteiger partial charge in [0, 0.05) is 0 Å². The zero-order valence-corrected chi connectivity index (χ0v) is 20.3. The Morgan fingerprint density at radius 1 is 0.533 bits per heavy atom. The van der Waals surface area contributed by atoms with Crippen LogP contribution in [0, 0.1) is 23.7 Å². The first-order chi connectivity index (χ1) is 14.8. The molecule has 0 aromatic heterocycles. The minimum atomic E-state index is 0.996. The van der Waals surface area contributed by atoms with Gasteiger partial charge in [0.05, 0.1) is 0 Å². The van der Waals surface area contributed by atoms with Gasteiger partial charge in [0.25, 0.3) is 0 Å². The number of rotatable bonds is 12. The van der Waals surface area contributed by atoms with Gasteiger partial charge in [-0.3, -0.25) is 0 Å². The molecule has 0 N–H and O–H groups in total. The predicted octanol–water partition coefficient (Wildman–Crippen LogP) is 9.54. The summed E-state index contributed by atoms with van der Waals surface area (Å²) in [6, 6.07) is 9.64. The van der Waals surface area contributed by atoms with Crippen LogP contribution in [0.15, 0.2) is 24.3 Å². The molecule has 0 heteroatoms. The quantitative estimate of drug-likeness (QED) is 0.301. The van der Waals surface area contributed by atoms with Gasteiger partial charge in [0.2, 0.25) is 0 Å². The third-order valence-corrected chi connectivity index (χ3v) is 8.58. The lowest BCUT2D eigenvalue weighted by Gasteiger charge is -2.38. The Hall–Kier alpha value is -0.780. The van der Waals surface area contributed by atoms with Crippen LogP contribution in [0.25, 0.3) is 0 Å². The lowest BCUT2D eigenvalue weighted by molar-refractivity contribution is 0.141. The molecule has 0 amide bonds. The van der Waals surface area contributed by atoms with Crippen molar-refractivity contribution in [2.45, 2.75) is 129 Å². The fourth-order valence-corrected chi connectivity index (χ4v) is 6.48. The standard InChI is InChI=1S/C30H50/c1-3-5-6-7-8-10-26-11-13-27(14-12-26)15-16-28-19-23-30(24-20-28)29-21-17-25(9-4-2)18-22-29/h11-14,25,28-30H,3-10,15-24H2,1-2H3. The van der Waals surface area contributed by atoms with E-state index in [0.29, 0.717) is 0 Å². The molecule has 0 atom stereocenters. The fourth-order valence-electron chi connectivity index (χ4n) is 6.48. The van der Waals surface area contributed by atoms with Crippen molar-refractivity contribution >= 4 is 0 Å². The van der Waals surface area contributed by atoms with Crippen molar-refractivity contribution in [1.82, 2.24) is 0 Å². The van der Waals surface area contributed by atoms with Crippen LogP contribution in [0.2, 0.25) is 0 Å². The van der Waals surface area contributed by atoms with E-state index in [1.165, 1.54) is 103 Å². The summed E-state index contributed by atoms with van der Waals surface area (Å²) < 4.78 is 0. The molecular formula is C30H50. The third-order valence-electron chi connectivity index (χ3n) is 8.58. The highest BCUT2D eigenvalue weighted by atomic mass is 14.4.